The van der Waals surface area contributed by atoms with Gasteiger partial charge in [-0.15, -0.1) is 0 Å². The van der Waals surface area contributed by atoms with Crippen molar-refractivity contribution in [2.24, 2.45) is 0 Å². The lowest BCUT2D eigenvalue weighted by atomic mass is 10.1. The lowest BCUT2D eigenvalue weighted by molar-refractivity contribution is -0.128. The number of hydrogen-bond donors (Lipinski definition) is 2. The van der Waals surface area contributed by atoms with Crippen LogP contribution in [0.1, 0.15) is 24.3 Å². The molecule has 2 aromatic rings. The standard InChI is InChI=1S/C19H20N4O2/c24-18-9-15(22-19(25)21-14-7-4-8-20-11-14)12-23(18)17-10-16(17)13-5-2-1-3-6-13/h1-8,11,15-17H,9-10,12H2,(H2,21,22,25)/t15-,16-,17-/m1/s1. The summed E-state index contributed by atoms with van der Waals surface area (Å²) in [5.74, 6) is 0.545. The molecular formula is C19H20N4O2. The maximum absolute atomic E-state index is 12.3. The molecule has 1 aliphatic heterocycles. The Kier molecular flexibility index (Phi) is 4.09. The van der Waals surface area contributed by atoms with Gasteiger partial charge in [0.05, 0.1) is 17.9 Å². The first kappa shape index (κ1) is 15.6. The molecule has 1 aliphatic carbocycles. The Labute approximate surface area is 146 Å². The van der Waals surface area contributed by atoms with Crippen LogP contribution in [0.3, 0.4) is 0 Å². The Morgan fingerprint density at radius 3 is 2.76 bits per heavy atom. The molecule has 2 aliphatic rings. The third kappa shape index (κ3) is 3.47. The van der Waals surface area contributed by atoms with Crippen LogP contribution in [0, 0.1) is 0 Å². The highest BCUT2D eigenvalue weighted by Crippen LogP contribution is 2.45. The average Bonchev–Trinajstić information content (AvgIpc) is 3.33. The highest BCUT2D eigenvalue weighted by molar-refractivity contribution is 5.90. The third-order valence-electron chi connectivity index (χ3n) is 4.80. The molecule has 0 bridgehead atoms. The molecule has 128 valence electrons. The predicted molar refractivity (Wildman–Crippen MR) is 94.1 cm³/mol. The van der Waals surface area contributed by atoms with E-state index in [1.807, 2.05) is 23.1 Å². The molecule has 25 heavy (non-hydrogen) atoms. The Bertz CT molecular complexity index is 766. The summed E-state index contributed by atoms with van der Waals surface area (Å²) in [7, 11) is 0. The molecule has 3 atom stereocenters. The SMILES string of the molecule is O=C(Nc1cccnc1)N[C@@H]1CC(=O)N([C@@H]2C[C@@H]2c2ccccc2)C1. The van der Waals surface area contributed by atoms with Gasteiger partial charge in [-0.3, -0.25) is 9.78 Å². The van der Waals surface area contributed by atoms with E-state index in [4.69, 9.17) is 0 Å². The van der Waals surface area contributed by atoms with E-state index in [9.17, 15) is 9.59 Å². The van der Waals surface area contributed by atoms with Crippen molar-refractivity contribution < 1.29 is 9.59 Å². The normalized spacial score (nSPS) is 24.9. The highest BCUT2D eigenvalue weighted by Gasteiger charge is 2.47. The average molecular weight is 336 g/mol. The van der Waals surface area contributed by atoms with Gasteiger partial charge in [0.1, 0.15) is 0 Å². The number of pyridine rings is 1. The molecule has 1 aromatic heterocycles. The molecule has 2 heterocycles. The predicted octanol–water partition coefficient (Wildman–Crippen LogP) is 2.36. The molecule has 4 rings (SSSR count). The zero-order valence-electron chi connectivity index (χ0n) is 13.8. The monoisotopic (exact) mass is 336 g/mol. The number of aromatic nitrogens is 1. The van der Waals surface area contributed by atoms with Crippen molar-refractivity contribution in [2.75, 3.05) is 11.9 Å². The van der Waals surface area contributed by atoms with Crippen molar-refractivity contribution in [2.45, 2.75) is 30.8 Å². The van der Waals surface area contributed by atoms with Crippen LogP contribution in [0.4, 0.5) is 10.5 Å². The summed E-state index contributed by atoms with van der Waals surface area (Å²) in [6.45, 7) is 0.577. The first-order valence-electron chi connectivity index (χ1n) is 8.52. The van der Waals surface area contributed by atoms with Gasteiger partial charge in [-0.05, 0) is 24.1 Å². The van der Waals surface area contributed by atoms with E-state index in [1.54, 1.807) is 24.5 Å². The summed E-state index contributed by atoms with van der Waals surface area (Å²) in [6, 6.07) is 13.6. The van der Waals surface area contributed by atoms with E-state index in [2.05, 4.69) is 27.8 Å². The number of hydrogen-bond acceptors (Lipinski definition) is 3. The van der Waals surface area contributed by atoms with Gasteiger partial charge in [0.25, 0.3) is 0 Å². The van der Waals surface area contributed by atoms with Crippen LogP contribution in [0.25, 0.3) is 0 Å². The maximum atomic E-state index is 12.3. The Morgan fingerprint density at radius 2 is 2.00 bits per heavy atom. The fourth-order valence-corrected chi connectivity index (χ4v) is 3.52. The molecule has 0 spiro atoms. The lowest BCUT2D eigenvalue weighted by Gasteiger charge is -2.17. The largest absolute Gasteiger partial charge is 0.337 e. The molecule has 2 fully saturated rings. The van der Waals surface area contributed by atoms with E-state index in [-0.39, 0.29) is 24.0 Å². The number of rotatable bonds is 4. The molecular weight excluding hydrogens is 316 g/mol. The minimum Gasteiger partial charge on any atom is -0.337 e. The van der Waals surface area contributed by atoms with Gasteiger partial charge in [-0.1, -0.05) is 30.3 Å². The van der Waals surface area contributed by atoms with Gasteiger partial charge >= 0.3 is 6.03 Å². The van der Waals surface area contributed by atoms with E-state index in [0.717, 1.165) is 6.42 Å². The van der Waals surface area contributed by atoms with Crippen LogP contribution in [-0.4, -0.2) is 40.5 Å². The van der Waals surface area contributed by atoms with E-state index < -0.39 is 0 Å². The molecule has 6 heteroatoms. The van der Waals surface area contributed by atoms with Crippen LogP contribution in [0.15, 0.2) is 54.9 Å². The first-order valence-corrected chi connectivity index (χ1v) is 8.52. The lowest BCUT2D eigenvalue weighted by Crippen LogP contribution is -2.40. The molecule has 3 amide bonds. The molecule has 1 aromatic carbocycles. The van der Waals surface area contributed by atoms with Crippen LogP contribution in [0.2, 0.25) is 0 Å². The number of carbonyl (C=O) groups is 2. The molecule has 2 N–H and O–H groups in total. The van der Waals surface area contributed by atoms with Crippen molar-refractivity contribution in [3.8, 4) is 0 Å². The van der Waals surface area contributed by atoms with Crippen LogP contribution in [-0.2, 0) is 4.79 Å². The summed E-state index contributed by atoms with van der Waals surface area (Å²) >= 11 is 0. The smallest absolute Gasteiger partial charge is 0.319 e. The second kappa shape index (κ2) is 6.55. The number of likely N-dealkylation sites (tertiary alicyclic amines) is 1. The minimum absolute atomic E-state index is 0.120. The topological polar surface area (TPSA) is 74.3 Å². The van der Waals surface area contributed by atoms with Gasteiger partial charge < -0.3 is 15.5 Å². The molecule has 0 unspecified atom stereocenters. The fourth-order valence-electron chi connectivity index (χ4n) is 3.52. The van der Waals surface area contributed by atoms with Crippen LogP contribution < -0.4 is 10.6 Å². The summed E-state index contributed by atoms with van der Waals surface area (Å²) in [5, 5.41) is 5.62. The van der Waals surface area contributed by atoms with Crippen molar-refractivity contribution in [3.05, 3.63) is 60.4 Å². The summed E-state index contributed by atoms with van der Waals surface area (Å²) < 4.78 is 0. The van der Waals surface area contributed by atoms with Gasteiger partial charge in [-0.2, -0.15) is 0 Å². The summed E-state index contributed by atoms with van der Waals surface area (Å²) in [6.07, 6.45) is 4.60. The Morgan fingerprint density at radius 1 is 1.16 bits per heavy atom. The number of nitrogens with zero attached hydrogens (tertiary/aromatic N) is 2. The zero-order valence-corrected chi connectivity index (χ0v) is 13.8. The fraction of sp³-hybridized carbons (Fsp3) is 0.316. The summed E-state index contributed by atoms with van der Waals surface area (Å²) in [5.41, 5.74) is 1.92. The van der Waals surface area contributed by atoms with Gasteiger partial charge in [0.2, 0.25) is 5.91 Å². The van der Waals surface area contributed by atoms with Crippen LogP contribution in [0.5, 0.6) is 0 Å². The number of urea groups is 1. The van der Waals surface area contributed by atoms with E-state index in [0.29, 0.717) is 24.6 Å². The van der Waals surface area contributed by atoms with Crippen molar-refractivity contribution >= 4 is 17.6 Å². The molecule has 1 saturated carbocycles. The number of amides is 3. The van der Waals surface area contributed by atoms with Crippen molar-refractivity contribution in [3.63, 3.8) is 0 Å². The van der Waals surface area contributed by atoms with Gasteiger partial charge in [-0.25, -0.2) is 4.79 Å². The number of nitrogens with one attached hydrogen (secondary N) is 2. The molecule has 6 nitrogen and oxygen atoms in total. The maximum Gasteiger partial charge on any atom is 0.319 e. The number of benzene rings is 1. The van der Waals surface area contributed by atoms with Crippen molar-refractivity contribution in [1.29, 1.82) is 0 Å². The second-order valence-corrected chi connectivity index (χ2v) is 6.61. The minimum atomic E-state index is -0.303. The quantitative estimate of drug-likeness (QED) is 0.900. The Balaban J connectivity index is 1.31. The van der Waals surface area contributed by atoms with Gasteiger partial charge in [0.15, 0.2) is 0 Å². The van der Waals surface area contributed by atoms with Gasteiger partial charge in [0, 0.05) is 31.1 Å². The molecule has 1 saturated heterocycles. The van der Waals surface area contributed by atoms with E-state index >= 15 is 0 Å². The second-order valence-electron chi connectivity index (χ2n) is 6.61. The highest BCUT2D eigenvalue weighted by atomic mass is 16.2. The summed E-state index contributed by atoms with van der Waals surface area (Å²) in [4.78, 5) is 30.3. The van der Waals surface area contributed by atoms with Crippen LogP contribution >= 0.6 is 0 Å². The van der Waals surface area contributed by atoms with E-state index in [1.165, 1.54) is 5.56 Å². The number of anilines is 1. The number of carbonyl (C=O) groups excluding carboxylic acids is 2. The molecule has 0 radical (unpaired) electrons. The zero-order chi connectivity index (χ0) is 17.2. The van der Waals surface area contributed by atoms with Crippen molar-refractivity contribution in [1.82, 2.24) is 15.2 Å². The first-order chi connectivity index (χ1) is 12.2. The Hall–Kier alpha value is -2.89. The third-order valence-corrected chi connectivity index (χ3v) is 4.80.